The molecule has 0 saturated heterocycles. The number of rotatable bonds is 3. The minimum absolute atomic E-state index is 0.0326. The van der Waals surface area contributed by atoms with Crippen LogP contribution in [0.3, 0.4) is 0 Å². The van der Waals surface area contributed by atoms with Crippen LogP contribution in [-0.2, 0) is 22.5 Å². The van der Waals surface area contributed by atoms with Crippen molar-refractivity contribution in [2.75, 3.05) is 0 Å². The van der Waals surface area contributed by atoms with Crippen molar-refractivity contribution >= 4 is 5.97 Å². The van der Waals surface area contributed by atoms with Crippen LogP contribution in [0.4, 0.5) is 0 Å². The van der Waals surface area contributed by atoms with Gasteiger partial charge in [-0.2, -0.15) is 0 Å². The summed E-state index contributed by atoms with van der Waals surface area (Å²) in [6, 6.07) is 2.18. The summed E-state index contributed by atoms with van der Waals surface area (Å²) in [5.74, 6) is -0.135. The van der Waals surface area contributed by atoms with Crippen molar-refractivity contribution < 1.29 is 9.53 Å². The van der Waals surface area contributed by atoms with Crippen LogP contribution in [0.2, 0.25) is 0 Å². The number of aromatic nitrogens is 1. The number of carbonyl (C=O) groups is 1. The maximum Gasteiger partial charge on any atom is 0.315 e. The third-order valence-corrected chi connectivity index (χ3v) is 3.53. The Morgan fingerprint density at radius 3 is 2.94 bits per heavy atom. The molecule has 1 atom stereocenters. The van der Waals surface area contributed by atoms with E-state index in [2.05, 4.69) is 23.8 Å². The van der Waals surface area contributed by atoms with Gasteiger partial charge in [0.25, 0.3) is 0 Å². The molecule has 2 heterocycles. The van der Waals surface area contributed by atoms with E-state index in [-0.39, 0.29) is 18.0 Å². The number of carbonyl (C=O) groups excluding carboxylic acids is 1. The lowest BCUT2D eigenvalue weighted by Crippen LogP contribution is -2.20. The second-order valence-electron chi connectivity index (χ2n) is 5.35. The first kappa shape index (κ1) is 13.2. The smallest absolute Gasteiger partial charge is 0.315 e. The molecule has 18 heavy (non-hydrogen) atoms. The Balaban J connectivity index is 2.25. The second-order valence-corrected chi connectivity index (χ2v) is 5.35. The quantitative estimate of drug-likeness (QED) is 0.770. The van der Waals surface area contributed by atoms with E-state index in [1.165, 1.54) is 5.56 Å². The largest absolute Gasteiger partial charge is 0.462 e. The Morgan fingerprint density at radius 2 is 2.28 bits per heavy atom. The highest BCUT2D eigenvalue weighted by Crippen LogP contribution is 2.30. The summed E-state index contributed by atoms with van der Waals surface area (Å²) < 4.78 is 7.64. The maximum atomic E-state index is 12.2. The van der Waals surface area contributed by atoms with Gasteiger partial charge < -0.3 is 9.30 Å². The molecule has 0 saturated carbocycles. The fraction of sp³-hybridized carbons (Fsp3) is 0.667. The van der Waals surface area contributed by atoms with Gasteiger partial charge in [-0.1, -0.05) is 13.3 Å². The average molecular weight is 249 g/mol. The molecular weight excluding hydrogens is 226 g/mol. The maximum absolute atomic E-state index is 12.2. The summed E-state index contributed by atoms with van der Waals surface area (Å²) in [5, 5.41) is 0. The molecule has 1 aromatic rings. The summed E-state index contributed by atoms with van der Waals surface area (Å²) in [6.45, 7) is 6.99. The minimum atomic E-state index is -0.0739. The highest BCUT2D eigenvalue weighted by molar-refractivity contribution is 5.78. The van der Waals surface area contributed by atoms with Gasteiger partial charge in [-0.15, -0.1) is 0 Å². The molecule has 1 unspecified atom stereocenters. The van der Waals surface area contributed by atoms with E-state index in [1.54, 1.807) is 0 Å². The molecular formula is C15H23NO2. The Kier molecular flexibility index (Phi) is 4.10. The predicted octanol–water partition coefficient (Wildman–Crippen LogP) is 3.27. The zero-order valence-electron chi connectivity index (χ0n) is 11.6. The van der Waals surface area contributed by atoms with Gasteiger partial charge in [0.05, 0.1) is 12.0 Å². The molecule has 0 bridgehead atoms. The van der Waals surface area contributed by atoms with E-state index < -0.39 is 0 Å². The summed E-state index contributed by atoms with van der Waals surface area (Å²) in [4.78, 5) is 12.2. The van der Waals surface area contributed by atoms with Crippen molar-refractivity contribution in [3.63, 3.8) is 0 Å². The lowest BCUT2D eigenvalue weighted by atomic mass is 9.99. The predicted molar refractivity (Wildman–Crippen MR) is 71.6 cm³/mol. The van der Waals surface area contributed by atoms with Gasteiger partial charge in [-0.05, 0) is 44.7 Å². The van der Waals surface area contributed by atoms with E-state index in [9.17, 15) is 4.79 Å². The molecule has 0 fully saturated rings. The molecule has 0 radical (unpaired) electrons. The number of ether oxygens (including phenoxy) is 1. The van der Waals surface area contributed by atoms with Gasteiger partial charge in [0.2, 0.25) is 0 Å². The van der Waals surface area contributed by atoms with Gasteiger partial charge in [0.1, 0.15) is 0 Å². The summed E-state index contributed by atoms with van der Waals surface area (Å²) in [6.07, 6.45) is 6.34. The topological polar surface area (TPSA) is 31.2 Å². The Morgan fingerprint density at radius 1 is 1.50 bits per heavy atom. The van der Waals surface area contributed by atoms with Gasteiger partial charge >= 0.3 is 5.97 Å². The highest BCUT2D eigenvalue weighted by atomic mass is 16.5. The molecule has 0 N–H and O–H groups in total. The van der Waals surface area contributed by atoms with Crippen LogP contribution in [0.1, 0.15) is 57.2 Å². The molecule has 0 aromatic carbocycles. The lowest BCUT2D eigenvalue weighted by molar-refractivity contribution is -0.149. The molecule has 3 heteroatoms. The van der Waals surface area contributed by atoms with Gasteiger partial charge in [-0.25, -0.2) is 0 Å². The fourth-order valence-electron chi connectivity index (χ4n) is 2.60. The van der Waals surface area contributed by atoms with Gasteiger partial charge in [-0.3, -0.25) is 4.79 Å². The van der Waals surface area contributed by atoms with Crippen molar-refractivity contribution in [3.05, 3.63) is 23.5 Å². The van der Waals surface area contributed by atoms with Gasteiger partial charge in [0, 0.05) is 18.4 Å². The van der Waals surface area contributed by atoms with E-state index in [0.29, 0.717) is 0 Å². The second kappa shape index (κ2) is 5.59. The first-order valence-electron chi connectivity index (χ1n) is 7.01. The zero-order valence-corrected chi connectivity index (χ0v) is 11.6. The minimum Gasteiger partial charge on any atom is -0.462 e. The summed E-state index contributed by atoms with van der Waals surface area (Å²) >= 11 is 0. The van der Waals surface area contributed by atoms with Crippen molar-refractivity contribution in [1.29, 1.82) is 0 Å². The molecule has 0 spiro atoms. The molecule has 100 valence electrons. The number of aryl methyl sites for hydroxylation is 2. The van der Waals surface area contributed by atoms with Crippen LogP contribution in [0.5, 0.6) is 0 Å². The number of esters is 1. The summed E-state index contributed by atoms with van der Waals surface area (Å²) in [7, 11) is 0. The van der Waals surface area contributed by atoms with Crippen molar-refractivity contribution in [2.24, 2.45) is 0 Å². The standard InChI is InChI=1S/C15H23NO2/c1-4-12-9-14-13(15(17)18-11(2)3)7-5-6-8-16(14)10-12/h9-11,13H,4-8H2,1-3H3. The summed E-state index contributed by atoms with van der Waals surface area (Å²) in [5.41, 5.74) is 2.46. The average Bonchev–Trinajstić information content (AvgIpc) is 2.62. The molecule has 2 rings (SSSR count). The molecule has 0 aliphatic carbocycles. The number of hydrogen-bond acceptors (Lipinski definition) is 2. The first-order chi connectivity index (χ1) is 8.61. The first-order valence-corrected chi connectivity index (χ1v) is 7.01. The van der Waals surface area contributed by atoms with E-state index in [4.69, 9.17) is 4.74 Å². The van der Waals surface area contributed by atoms with Crippen molar-refractivity contribution in [2.45, 2.75) is 65.0 Å². The molecule has 0 amide bonds. The lowest BCUT2D eigenvalue weighted by Gasteiger charge is -2.16. The van der Waals surface area contributed by atoms with Crippen LogP contribution in [0, 0.1) is 0 Å². The van der Waals surface area contributed by atoms with E-state index in [1.807, 2.05) is 13.8 Å². The molecule has 3 nitrogen and oxygen atoms in total. The number of fused-ring (bicyclic) bond motifs is 1. The Hall–Kier alpha value is -1.25. The van der Waals surface area contributed by atoms with Crippen LogP contribution in [0.25, 0.3) is 0 Å². The van der Waals surface area contributed by atoms with Crippen LogP contribution >= 0.6 is 0 Å². The normalized spacial score (nSPS) is 19.4. The monoisotopic (exact) mass is 249 g/mol. The van der Waals surface area contributed by atoms with Crippen LogP contribution < -0.4 is 0 Å². The number of nitrogens with zero attached hydrogens (tertiary/aromatic N) is 1. The highest BCUT2D eigenvalue weighted by Gasteiger charge is 2.27. The third-order valence-electron chi connectivity index (χ3n) is 3.53. The fourth-order valence-corrected chi connectivity index (χ4v) is 2.60. The van der Waals surface area contributed by atoms with Crippen LogP contribution in [0.15, 0.2) is 12.3 Å². The van der Waals surface area contributed by atoms with Crippen molar-refractivity contribution in [1.82, 2.24) is 4.57 Å². The Bertz CT molecular complexity index is 420. The van der Waals surface area contributed by atoms with Crippen LogP contribution in [-0.4, -0.2) is 16.6 Å². The number of hydrogen-bond donors (Lipinski definition) is 0. The van der Waals surface area contributed by atoms with E-state index in [0.717, 1.165) is 37.9 Å². The SMILES string of the molecule is CCc1cc2n(c1)CCCCC2C(=O)OC(C)C. The molecule has 1 aliphatic heterocycles. The molecule has 1 aliphatic rings. The molecule has 1 aromatic heterocycles. The Labute approximate surface area is 109 Å². The van der Waals surface area contributed by atoms with E-state index >= 15 is 0 Å². The van der Waals surface area contributed by atoms with Crippen molar-refractivity contribution in [3.8, 4) is 0 Å². The third kappa shape index (κ3) is 2.77. The zero-order chi connectivity index (χ0) is 13.1. The van der Waals surface area contributed by atoms with Gasteiger partial charge in [0.15, 0.2) is 0 Å².